The molecule has 2 heterocycles. The van der Waals surface area contributed by atoms with E-state index in [1.54, 1.807) is 4.90 Å². The first-order valence-electron chi connectivity index (χ1n) is 5.36. The molecule has 2 rings (SSSR count). The molecule has 80 valence electrons. The van der Waals surface area contributed by atoms with Crippen LogP contribution in [0.3, 0.4) is 0 Å². The van der Waals surface area contributed by atoms with Crippen molar-refractivity contribution in [2.45, 2.75) is 31.3 Å². The van der Waals surface area contributed by atoms with E-state index in [0.29, 0.717) is 6.04 Å². The number of amides is 1. The van der Waals surface area contributed by atoms with E-state index in [1.165, 1.54) is 0 Å². The molecule has 0 aromatic heterocycles. The van der Waals surface area contributed by atoms with E-state index in [9.17, 15) is 4.79 Å². The molecule has 2 aliphatic rings. The predicted molar refractivity (Wildman–Crippen MR) is 53.0 cm³/mol. The van der Waals surface area contributed by atoms with Crippen LogP contribution < -0.4 is 5.32 Å². The SMILES string of the molecule is CN1CCC(NC2CCOCC2)C1=O. The predicted octanol–water partition coefficient (Wildman–Crippen LogP) is -0.0143. The molecule has 4 nitrogen and oxygen atoms in total. The third-order valence-corrected chi connectivity index (χ3v) is 3.09. The third kappa shape index (κ3) is 2.07. The molecule has 1 unspecified atom stereocenters. The molecule has 2 aliphatic heterocycles. The second-order valence-electron chi connectivity index (χ2n) is 4.15. The summed E-state index contributed by atoms with van der Waals surface area (Å²) in [6, 6.07) is 0.535. The van der Waals surface area contributed by atoms with Crippen LogP contribution in [0.5, 0.6) is 0 Å². The highest BCUT2D eigenvalue weighted by molar-refractivity contribution is 5.83. The van der Waals surface area contributed by atoms with Crippen LogP contribution >= 0.6 is 0 Å². The van der Waals surface area contributed by atoms with Crippen LogP contribution in [0.2, 0.25) is 0 Å². The Balaban J connectivity index is 1.82. The van der Waals surface area contributed by atoms with Gasteiger partial charge in [-0.15, -0.1) is 0 Å². The van der Waals surface area contributed by atoms with Gasteiger partial charge in [0.25, 0.3) is 0 Å². The topological polar surface area (TPSA) is 41.6 Å². The molecule has 0 aromatic carbocycles. The lowest BCUT2D eigenvalue weighted by molar-refractivity contribution is -0.128. The summed E-state index contributed by atoms with van der Waals surface area (Å²) in [6.45, 7) is 2.54. The molecule has 1 atom stereocenters. The fourth-order valence-electron chi connectivity index (χ4n) is 2.13. The normalized spacial score (nSPS) is 29.9. The van der Waals surface area contributed by atoms with Crippen LogP contribution in [0.4, 0.5) is 0 Å². The smallest absolute Gasteiger partial charge is 0.239 e. The summed E-state index contributed by atoms with van der Waals surface area (Å²) in [5, 5.41) is 3.43. The Labute approximate surface area is 84.6 Å². The van der Waals surface area contributed by atoms with Crippen molar-refractivity contribution in [1.29, 1.82) is 0 Å². The number of likely N-dealkylation sites (N-methyl/N-ethyl adjacent to an activating group) is 1. The van der Waals surface area contributed by atoms with Crippen LogP contribution in [0.1, 0.15) is 19.3 Å². The van der Waals surface area contributed by atoms with Gasteiger partial charge in [0.1, 0.15) is 0 Å². The zero-order valence-electron chi connectivity index (χ0n) is 8.66. The van der Waals surface area contributed by atoms with Gasteiger partial charge in [-0.05, 0) is 19.3 Å². The number of hydrogen-bond acceptors (Lipinski definition) is 3. The number of rotatable bonds is 2. The standard InChI is InChI=1S/C10H18N2O2/c1-12-5-2-9(10(12)13)11-8-3-6-14-7-4-8/h8-9,11H,2-7H2,1H3. The first kappa shape index (κ1) is 9.93. The van der Waals surface area contributed by atoms with Crippen LogP contribution in [-0.4, -0.2) is 49.7 Å². The molecule has 1 N–H and O–H groups in total. The summed E-state index contributed by atoms with van der Waals surface area (Å²) in [5.74, 6) is 0.247. The molecule has 0 bridgehead atoms. The van der Waals surface area contributed by atoms with Gasteiger partial charge in [-0.1, -0.05) is 0 Å². The minimum Gasteiger partial charge on any atom is -0.381 e. The molecule has 0 saturated carbocycles. The van der Waals surface area contributed by atoms with Crippen LogP contribution in [0.15, 0.2) is 0 Å². The number of likely N-dealkylation sites (tertiary alicyclic amines) is 1. The molecule has 4 heteroatoms. The highest BCUT2D eigenvalue weighted by atomic mass is 16.5. The van der Waals surface area contributed by atoms with Gasteiger partial charge in [-0.25, -0.2) is 0 Å². The zero-order chi connectivity index (χ0) is 9.97. The fourth-order valence-corrected chi connectivity index (χ4v) is 2.13. The Kier molecular flexibility index (Phi) is 3.03. The van der Waals surface area contributed by atoms with Crippen LogP contribution in [0.25, 0.3) is 0 Å². The summed E-state index contributed by atoms with van der Waals surface area (Å²) in [6.07, 6.45) is 3.02. The van der Waals surface area contributed by atoms with Crippen molar-refractivity contribution in [2.24, 2.45) is 0 Å². The summed E-state index contributed by atoms with van der Waals surface area (Å²) < 4.78 is 5.28. The third-order valence-electron chi connectivity index (χ3n) is 3.09. The number of nitrogens with zero attached hydrogens (tertiary/aromatic N) is 1. The van der Waals surface area contributed by atoms with Gasteiger partial charge in [-0.3, -0.25) is 4.79 Å². The maximum absolute atomic E-state index is 11.6. The summed E-state index contributed by atoms with van der Waals surface area (Å²) in [4.78, 5) is 13.4. The van der Waals surface area contributed by atoms with Crippen LogP contribution in [0, 0.1) is 0 Å². The maximum atomic E-state index is 11.6. The monoisotopic (exact) mass is 198 g/mol. The van der Waals surface area contributed by atoms with E-state index in [0.717, 1.165) is 39.0 Å². The minimum atomic E-state index is 0.0584. The molecule has 0 spiro atoms. The van der Waals surface area contributed by atoms with Gasteiger partial charge < -0.3 is 15.0 Å². The van der Waals surface area contributed by atoms with Gasteiger partial charge in [-0.2, -0.15) is 0 Å². The molecule has 0 radical (unpaired) electrons. The lowest BCUT2D eigenvalue weighted by atomic mass is 10.1. The van der Waals surface area contributed by atoms with Gasteiger partial charge >= 0.3 is 0 Å². The Bertz CT molecular complexity index is 214. The fraction of sp³-hybridized carbons (Fsp3) is 0.900. The quantitative estimate of drug-likeness (QED) is 0.678. The van der Waals surface area contributed by atoms with Gasteiger partial charge in [0.05, 0.1) is 6.04 Å². The van der Waals surface area contributed by atoms with E-state index < -0.39 is 0 Å². The van der Waals surface area contributed by atoms with E-state index in [1.807, 2.05) is 7.05 Å². The second kappa shape index (κ2) is 4.28. The molecular weight excluding hydrogens is 180 g/mol. The average molecular weight is 198 g/mol. The highest BCUT2D eigenvalue weighted by Gasteiger charge is 2.30. The van der Waals surface area contributed by atoms with Crippen molar-refractivity contribution in [1.82, 2.24) is 10.2 Å². The number of nitrogens with one attached hydrogen (secondary N) is 1. The van der Waals surface area contributed by atoms with Gasteiger partial charge in [0, 0.05) is 32.8 Å². The second-order valence-corrected chi connectivity index (χ2v) is 4.15. The Morgan fingerprint density at radius 3 is 2.64 bits per heavy atom. The van der Waals surface area contributed by atoms with E-state index in [-0.39, 0.29) is 11.9 Å². The van der Waals surface area contributed by atoms with E-state index in [4.69, 9.17) is 4.74 Å². The molecule has 14 heavy (non-hydrogen) atoms. The highest BCUT2D eigenvalue weighted by Crippen LogP contribution is 2.13. The van der Waals surface area contributed by atoms with E-state index >= 15 is 0 Å². The van der Waals surface area contributed by atoms with Crippen molar-refractivity contribution in [3.63, 3.8) is 0 Å². The molecule has 1 amide bonds. The Hall–Kier alpha value is -0.610. The minimum absolute atomic E-state index is 0.0584. The molecule has 2 fully saturated rings. The Morgan fingerprint density at radius 1 is 1.36 bits per heavy atom. The maximum Gasteiger partial charge on any atom is 0.239 e. The zero-order valence-corrected chi connectivity index (χ0v) is 8.66. The number of ether oxygens (including phenoxy) is 1. The molecule has 0 aromatic rings. The van der Waals surface area contributed by atoms with Gasteiger partial charge in [0.2, 0.25) is 5.91 Å². The van der Waals surface area contributed by atoms with E-state index in [2.05, 4.69) is 5.32 Å². The van der Waals surface area contributed by atoms with Crippen molar-refractivity contribution in [3.8, 4) is 0 Å². The van der Waals surface area contributed by atoms with Gasteiger partial charge in [0.15, 0.2) is 0 Å². The molecule has 2 saturated heterocycles. The van der Waals surface area contributed by atoms with Crippen molar-refractivity contribution in [3.05, 3.63) is 0 Å². The lowest BCUT2D eigenvalue weighted by Crippen LogP contribution is -2.45. The van der Waals surface area contributed by atoms with Crippen LogP contribution in [-0.2, 0) is 9.53 Å². The summed E-state index contributed by atoms with van der Waals surface area (Å²) >= 11 is 0. The summed E-state index contributed by atoms with van der Waals surface area (Å²) in [5.41, 5.74) is 0. The first-order chi connectivity index (χ1) is 6.77. The average Bonchev–Trinajstić information content (AvgIpc) is 2.52. The number of carbonyl (C=O) groups excluding carboxylic acids is 1. The molecular formula is C10H18N2O2. The van der Waals surface area contributed by atoms with Crippen molar-refractivity contribution < 1.29 is 9.53 Å². The largest absolute Gasteiger partial charge is 0.381 e. The first-order valence-corrected chi connectivity index (χ1v) is 5.36. The molecule has 0 aliphatic carbocycles. The number of carbonyl (C=O) groups is 1. The Morgan fingerprint density at radius 2 is 2.07 bits per heavy atom. The lowest BCUT2D eigenvalue weighted by Gasteiger charge is -2.25. The van der Waals surface area contributed by atoms with Crippen molar-refractivity contribution >= 4 is 5.91 Å². The number of hydrogen-bond donors (Lipinski definition) is 1. The van der Waals surface area contributed by atoms with Crippen molar-refractivity contribution in [2.75, 3.05) is 26.8 Å². The summed E-state index contributed by atoms with van der Waals surface area (Å²) in [7, 11) is 1.87.